The van der Waals surface area contributed by atoms with Gasteiger partial charge < -0.3 is 40.6 Å². The van der Waals surface area contributed by atoms with E-state index < -0.39 is 36.5 Å². The zero-order valence-corrected chi connectivity index (χ0v) is 32.6. The fourth-order valence-electron chi connectivity index (χ4n) is 6.60. The van der Waals surface area contributed by atoms with Crippen molar-refractivity contribution in [3.05, 3.63) is 115 Å². The first-order chi connectivity index (χ1) is 27.6. The van der Waals surface area contributed by atoms with Crippen LogP contribution in [0.15, 0.2) is 110 Å². The van der Waals surface area contributed by atoms with E-state index in [1.165, 1.54) is 7.11 Å². The first kappa shape index (κ1) is 41.6. The van der Waals surface area contributed by atoms with Crippen molar-refractivity contribution in [1.29, 1.82) is 5.41 Å². The average Bonchev–Trinajstić information content (AvgIpc) is 3.22. The fraction of sp³-hybridized carbons (Fsp3) is 0.289. The molecular weight excluding hydrogens is 723 g/mol. The summed E-state index contributed by atoms with van der Waals surface area (Å²) >= 11 is 0. The summed E-state index contributed by atoms with van der Waals surface area (Å²) in [6.07, 6.45) is 3.23. The van der Waals surface area contributed by atoms with Crippen molar-refractivity contribution in [3.8, 4) is 28.4 Å². The summed E-state index contributed by atoms with van der Waals surface area (Å²) in [6.45, 7) is 8.10. The molecule has 0 spiro atoms. The molecule has 57 heavy (non-hydrogen) atoms. The molecule has 0 fully saturated rings. The van der Waals surface area contributed by atoms with E-state index in [2.05, 4.69) is 22.5 Å². The van der Waals surface area contributed by atoms with E-state index in [1.807, 2.05) is 111 Å². The first-order valence-electron chi connectivity index (χ1n) is 19.0. The molecule has 0 aliphatic carbocycles. The largest absolute Gasteiger partial charge is 0.494 e. The van der Waals surface area contributed by atoms with Gasteiger partial charge in [0.25, 0.3) is 5.91 Å². The summed E-state index contributed by atoms with van der Waals surface area (Å²) in [5.41, 5.74) is 7.88. The second-order valence-corrected chi connectivity index (χ2v) is 13.6. The van der Waals surface area contributed by atoms with Gasteiger partial charge in [-0.2, -0.15) is 0 Å². The summed E-state index contributed by atoms with van der Waals surface area (Å²) in [4.78, 5) is 40.6. The Morgan fingerprint density at radius 1 is 0.772 bits per heavy atom. The van der Waals surface area contributed by atoms with Gasteiger partial charge in [-0.15, -0.1) is 0 Å². The Hall–Kier alpha value is -6.56. The molecule has 3 atom stereocenters. The molecule has 0 saturated heterocycles. The summed E-state index contributed by atoms with van der Waals surface area (Å²) in [6, 6.07) is 28.5. The molecule has 5 rings (SSSR count). The summed E-state index contributed by atoms with van der Waals surface area (Å²) in [5, 5.41) is 19.8. The highest BCUT2D eigenvalue weighted by Gasteiger charge is 2.29. The normalized spacial score (nSPS) is 12.5. The van der Waals surface area contributed by atoms with Crippen molar-refractivity contribution in [1.82, 2.24) is 16.0 Å². The Balaban J connectivity index is 1.40. The van der Waals surface area contributed by atoms with Crippen LogP contribution in [-0.2, 0) is 25.5 Å². The van der Waals surface area contributed by atoms with Crippen LogP contribution < -0.4 is 35.9 Å². The fourth-order valence-corrected chi connectivity index (χ4v) is 6.60. The minimum absolute atomic E-state index is 0.149. The van der Waals surface area contributed by atoms with E-state index in [1.54, 1.807) is 6.08 Å². The number of fused-ring (bicyclic) bond motifs is 2. The van der Waals surface area contributed by atoms with Crippen molar-refractivity contribution in [3.63, 3.8) is 0 Å². The highest BCUT2D eigenvalue weighted by atomic mass is 16.5. The highest BCUT2D eigenvalue weighted by Crippen LogP contribution is 2.45. The van der Waals surface area contributed by atoms with Crippen LogP contribution in [0.1, 0.15) is 38.7 Å². The summed E-state index contributed by atoms with van der Waals surface area (Å²) in [5.74, 6) is -0.211. The van der Waals surface area contributed by atoms with Gasteiger partial charge in [0.2, 0.25) is 5.91 Å². The van der Waals surface area contributed by atoms with Crippen molar-refractivity contribution in [2.45, 2.75) is 57.7 Å². The van der Waals surface area contributed by atoms with Crippen LogP contribution >= 0.6 is 0 Å². The molecule has 0 aliphatic heterocycles. The number of nitrogens with one attached hydrogen (secondary N) is 4. The molecule has 298 valence electrons. The Morgan fingerprint density at radius 3 is 1.96 bits per heavy atom. The molecule has 2 amide bonds. The smallest absolute Gasteiger partial charge is 0.328 e. The molecular formula is C45H51N5O7. The molecule has 0 aliphatic rings. The Morgan fingerprint density at radius 2 is 1.39 bits per heavy atom. The van der Waals surface area contributed by atoms with Crippen molar-refractivity contribution in [2.24, 2.45) is 5.73 Å². The number of methoxy groups -OCH3 is 1. The lowest BCUT2D eigenvalue weighted by Crippen LogP contribution is -2.53. The van der Waals surface area contributed by atoms with E-state index in [4.69, 9.17) is 30.1 Å². The zero-order valence-electron chi connectivity index (χ0n) is 32.6. The van der Waals surface area contributed by atoms with Crippen LogP contribution in [0.4, 0.5) is 0 Å². The first-order valence-corrected chi connectivity index (χ1v) is 19.0. The maximum absolute atomic E-state index is 13.9. The quantitative estimate of drug-likeness (QED) is 0.0259. The minimum Gasteiger partial charge on any atom is -0.494 e. The molecule has 12 nitrogen and oxygen atoms in total. The Kier molecular flexibility index (Phi) is 14.9. The molecule has 0 aromatic heterocycles. The lowest BCUT2D eigenvalue weighted by molar-refractivity contribution is -0.145. The standard InChI is InChI=1S/C45H51N5O7/c1-5-25-55-33-20-16-30(17-21-33)27-37(44(53)54-4)50-43(52)36(22-15-29(3)48-45(46)47)49-40(51)28-57-39-24-19-32-12-8-10-14-35(32)42(39)41-34-13-9-7-11-31(34)18-23-38(41)56-26-6-2/h6-14,16-21,23-24,29,36-37H,2,5,15,22,25-28H2,1,3-4H3,(H,49,51)(H,50,52)(H4,46,47,48)/t29-,36+,37-/m0/s1. The SMILES string of the molecule is C=CCOc1ccc2ccccc2c1-c1c(OCC(=O)N[C@H](CC[C@H](C)NC(=N)N)C(=O)N[C@@H](Cc2ccc(OCCC)cc2)C(=O)OC)ccc2ccccc12. The predicted octanol–water partition coefficient (Wildman–Crippen LogP) is 6.43. The van der Waals surface area contributed by atoms with Gasteiger partial charge in [0.05, 0.1) is 13.7 Å². The third-order valence-electron chi connectivity index (χ3n) is 9.33. The predicted molar refractivity (Wildman–Crippen MR) is 224 cm³/mol. The number of ether oxygens (including phenoxy) is 4. The number of esters is 1. The second-order valence-electron chi connectivity index (χ2n) is 13.6. The Bertz CT molecular complexity index is 2190. The van der Waals surface area contributed by atoms with Gasteiger partial charge in [0, 0.05) is 23.6 Å². The molecule has 12 heteroatoms. The molecule has 0 bridgehead atoms. The summed E-state index contributed by atoms with van der Waals surface area (Å²) < 4.78 is 23.2. The lowest BCUT2D eigenvalue weighted by Gasteiger charge is -2.24. The molecule has 6 N–H and O–H groups in total. The van der Waals surface area contributed by atoms with Gasteiger partial charge in [0.1, 0.15) is 35.9 Å². The van der Waals surface area contributed by atoms with E-state index in [-0.39, 0.29) is 31.4 Å². The number of carbonyl (C=O) groups excluding carboxylic acids is 3. The van der Waals surface area contributed by atoms with Gasteiger partial charge in [-0.25, -0.2) is 4.79 Å². The van der Waals surface area contributed by atoms with Crippen LogP contribution in [0.2, 0.25) is 0 Å². The van der Waals surface area contributed by atoms with Gasteiger partial charge in [-0.05, 0) is 77.6 Å². The molecule has 0 heterocycles. The zero-order chi connectivity index (χ0) is 40.7. The molecule has 5 aromatic rings. The number of benzene rings is 5. The van der Waals surface area contributed by atoms with Gasteiger partial charge in [-0.3, -0.25) is 15.0 Å². The summed E-state index contributed by atoms with van der Waals surface area (Å²) in [7, 11) is 1.25. The van der Waals surface area contributed by atoms with Crippen LogP contribution in [0.3, 0.4) is 0 Å². The van der Waals surface area contributed by atoms with Crippen LogP contribution in [0.5, 0.6) is 17.2 Å². The number of nitrogens with two attached hydrogens (primary N) is 1. The third kappa shape index (κ3) is 11.3. The number of guanidine groups is 1. The van der Waals surface area contributed by atoms with Crippen LogP contribution in [0.25, 0.3) is 32.7 Å². The molecule has 0 unspecified atom stereocenters. The van der Waals surface area contributed by atoms with Crippen molar-refractivity contribution < 1.29 is 33.3 Å². The van der Waals surface area contributed by atoms with Crippen LogP contribution in [0, 0.1) is 5.41 Å². The topological polar surface area (TPSA) is 174 Å². The van der Waals surface area contributed by atoms with E-state index in [0.29, 0.717) is 30.3 Å². The van der Waals surface area contributed by atoms with Crippen LogP contribution in [-0.4, -0.2) is 68.8 Å². The maximum atomic E-state index is 13.9. The number of hydrogen-bond donors (Lipinski definition) is 5. The third-order valence-corrected chi connectivity index (χ3v) is 9.33. The second kappa shape index (κ2) is 20.4. The number of amides is 2. The van der Waals surface area contributed by atoms with E-state index in [9.17, 15) is 14.4 Å². The average molecular weight is 774 g/mol. The van der Waals surface area contributed by atoms with Crippen molar-refractivity contribution >= 4 is 45.3 Å². The number of rotatable bonds is 20. The molecule has 0 radical (unpaired) electrons. The number of hydrogen-bond acceptors (Lipinski definition) is 8. The van der Waals surface area contributed by atoms with Gasteiger partial charge in [0.15, 0.2) is 12.6 Å². The minimum atomic E-state index is -1.07. The maximum Gasteiger partial charge on any atom is 0.328 e. The van der Waals surface area contributed by atoms with E-state index >= 15 is 0 Å². The monoisotopic (exact) mass is 773 g/mol. The molecule has 5 aromatic carbocycles. The Labute approximate surface area is 333 Å². The lowest BCUT2D eigenvalue weighted by atomic mass is 9.92. The van der Waals surface area contributed by atoms with E-state index in [0.717, 1.165) is 44.7 Å². The number of carbonyl (C=O) groups is 3. The highest BCUT2D eigenvalue weighted by molar-refractivity contribution is 6.10. The van der Waals surface area contributed by atoms with Gasteiger partial charge >= 0.3 is 5.97 Å². The van der Waals surface area contributed by atoms with Gasteiger partial charge in [-0.1, -0.05) is 92.4 Å². The molecule has 0 saturated carbocycles. The van der Waals surface area contributed by atoms with Crippen molar-refractivity contribution in [2.75, 3.05) is 26.9 Å².